The number of hydrogen-bond donors (Lipinski definition) is 1. The Morgan fingerprint density at radius 2 is 2.46 bits per heavy atom. The normalized spacial score (nSPS) is 40.3. The van der Waals surface area contributed by atoms with Crippen molar-refractivity contribution < 1.29 is 9.50 Å². The number of halogens is 1. The van der Waals surface area contributed by atoms with Gasteiger partial charge >= 0.3 is 0 Å². The van der Waals surface area contributed by atoms with E-state index in [0.29, 0.717) is 12.2 Å². The third-order valence-corrected chi connectivity index (χ3v) is 3.48. The van der Waals surface area contributed by atoms with Crippen LogP contribution in [0.4, 0.5) is 4.39 Å². The van der Waals surface area contributed by atoms with Gasteiger partial charge in [0.15, 0.2) is 0 Å². The van der Waals surface area contributed by atoms with Gasteiger partial charge in [-0.2, -0.15) is 0 Å². The molecule has 0 aromatic rings. The summed E-state index contributed by atoms with van der Waals surface area (Å²) < 4.78 is 12.0. The van der Waals surface area contributed by atoms with Crippen LogP contribution in [-0.2, 0) is 0 Å². The van der Waals surface area contributed by atoms with E-state index in [1.54, 1.807) is 6.08 Å². The van der Waals surface area contributed by atoms with Crippen LogP contribution in [0.1, 0.15) is 19.3 Å². The monoisotopic (exact) mass is 185 g/mol. The van der Waals surface area contributed by atoms with E-state index in [1.165, 1.54) is 6.42 Å². The van der Waals surface area contributed by atoms with Gasteiger partial charge in [0.05, 0.1) is 12.9 Å². The lowest BCUT2D eigenvalue weighted by Crippen LogP contribution is -2.41. The van der Waals surface area contributed by atoms with Crippen LogP contribution in [0.5, 0.6) is 0 Å². The largest absolute Gasteiger partial charge is 0.394 e. The Labute approximate surface area is 78.0 Å². The third-order valence-electron chi connectivity index (χ3n) is 3.48. The van der Waals surface area contributed by atoms with Gasteiger partial charge in [-0.15, -0.1) is 0 Å². The maximum atomic E-state index is 12.0. The van der Waals surface area contributed by atoms with Crippen molar-refractivity contribution in [2.45, 2.75) is 24.8 Å². The van der Waals surface area contributed by atoms with Gasteiger partial charge in [-0.05, 0) is 31.7 Å². The molecule has 0 amide bonds. The van der Waals surface area contributed by atoms with Crippen LogP contribution >= 0.6 is 0 Å². The van der Waals surface area contributed by atoms with Crippen LogP contribution in [0, 0.1) is 5.92 Å². The molecule has 0 aromatic carbocycles. The molecule has 2 fully saturated rings. The fourth-order valence-corrected chi connectivity index (χ4v) is 2.82. The van der Waals surface area contributed by atoms with Crippen molar-refractivity contribution in [1.82, 2.24) is 4.90 Å². The minimum Gasteiger partial charge on any atom is -0.394 e. The molecule has 1 N–H and O–H groups in total. The summed E-state index contributed by atoms with van der Waals surface area (Å²) in [6.45, 7) is 2.21. The second-order valence-corrected chi connectivity index (χ2v) is 4.21. The molecule has 2 saturated heterocycles. The Bertz CT molecular complexity index is 219. The third kappa shape index (κ3) is 1.40. The van der Waals surface area contributed by atoms with E-state index < -0.39 is 0 Å². The first-order valence-electron chi connectivity index (χ1n) is 4.93. The lowest BCUT2D eigenvalue weighted by atomic mass is 9.91. The van der Waals surface area contributed by atoms with E-state index >= 15 is 0 Å². The molecular weight excluding hydrogens is 169 g/mol. The van der Waals surface area contributed by atoms with Crippen LogP contribution in [0.2, 0.25) is 0 Å². The predicted molar refractivity (Wildman–Crippen MR) is 49.0 cm³/mol. The number of hydrogen-bond acceptors (Lipinski definition) is 2. The molecule has 3 heteroatoms. The van der Waals surface area contributed by atoms with Crippen LogP contribution in [0.3, 0.4) is 0 Å². The van der Waals surface area contributed by atoms with Crippen molar-refractivity contribution in [1.29, 1.82) is 0 Å². The molecule has 2 aliphatic rings. The van der Waals surface area contributed by atoms with Crippen molar-refractivity contribution in [3.8, 4) is 0 Å². The second-order valence-electron chi connectivity index (χ2n) is 4.21. The Kier molecular flexibility index (Phi) is 2.39. The smallest absolute Gasteiger partial charge is 0.0830 e. The van der Waals surface area contributed by atoms with Crippen LogP contribution < -0.4 is 0 Å². The molecule has 0 spiro atoms. The van der Waals surface area contributed by atoms with Crippen LogP contribution in [0.25, 0.3) is 0 Å². The summed E-state index contributed by atoms with van der Waals surface area (Å²) in [5.41, 5.74) is -0.00975. The number of rotatable bonds is 2. The Hall–Kier alpha value is -0.410. The highest BCUT2D eigenvalue weighted by Crippen LogP contribution is 2.41. The number of aliphatic hydroxyl groups is 1. The highest BCUT2D eigenvalue weighted by molar-refractivity contribution is 5.06. The maximum Gasteiger partial charge on any atom is 0.0830 e. The van der Waals surface area contributed by atoms with Gasteiger partial charge < -0.3 is 5.11 Å². The van der Waals surface area contributed by atoms with Crippen molar-refractivity contribution in [2.75, 3.05) is 19.7 Å². The Balaban J connectivity index is 2.09. The summed E-state index contributed by atoms with van der Waals surface area (Å²) in [4.78, 5) is 2.32. The zero-order valence-corrected chi connectivity index (χ0v) is 7.75. The molecular formula is C10H16FNO. The Morgan fingerprint density at radius 1 is 1.62 bits per heavy atom. The molecule has 13 heavy (non-hydrogen) atoms. The zero-order valence-electron chi connectivity index (χ0n) is 7.75. The summed E-state index contributed by atoms with van der Waals surface area (Å²) in [6.07, 6.45) is 5.42. The molecule has 2 nitrogen and oxygen atoms in total. The van der Waals surface area contributed by atoms with E-state index in [-0.39, 0.29) is 12.1 Å². The maximum absolute atomic E-state index is 12.0. The molecule has 2 heterocycles. The quantitative estimate of drug-likeness (QED) is 0.701. The van der Waals surface area contributed by atoms with Gasteiger partial charge in [-0.25, -0.2) is 4.39 Å². The summed E-state index contributed by atoms with van der Waals surface area (Å²) >= 11 is 0. The molecule has 2 unspecified atom stereocenters. The highest BCUT2D eigenvalue weighted by atomic mass is 19.1. The fourth-order valence-electron chi connectivity index (χ4n) is 2.82. The van der Waals surface area contributed by atoms with E-state index in [2.05, 4.69) is 4.90 Å². The van der Waals surface area contributed by atoms with Crippen LogP contribution in [-0.4, -0.2) is 35.2 Å². The minimum absolute atomic E-state index is 0.00975. The van der Waals surface area contributed by atoms with Crippen molar-refractivity contribution >= 4 is 0 Å². The van der Waals surface area contributed by atoms with Gasteiger partial charge in [0.1, 0.15) is 0 Å². The van der Waals surface area contributed by atoms with Gasteiger partial charge in [-0.3, -0.25) is 4.90 Å². The molecule has 2 rings (SSSR count). The zero-order chi connectivity index (χ0) is 9.31. The van der Waals surface area contributed by atoms with Crippen molar-refractivity contribution in [3.63, 3.8) is 0 Å². The fraction of sp³-hybridized carbons (Fsp3) is 0.800. The van der Waals surface area contributed by atoms with Gasteiger partial charge in [-0.1, -0.05) is 6.08 Å². The van der Waals surface area contributed by atoms with Crippen molar-refractivity contribution in [2.24, 2.45) is 5.92 Å². The van der Waals surface area contributed by atoms with E-state index in [1.807, 2.05) is 0 Å². The first-order valence-corrected chi connectivity index (χ1v) is 4.93. The SMILES string of the molecule is OCC12CCCN1CC(/C=C/F)C2. The minimum atomic E-state index is -0.00975. The lowest BCUT2D eigenvalue weighted by molar-refractivity contribution is 0.0998. The molecule has 0 saturated carbocycles. The molecule has 0 aromatic heterocycles. The predicted octanol–water partition coefficient (Wildman–Crippen LogP) is 1.32. The number of nitrogens with zero attached hydrogens (tertiary/aromatic N) is 1. The number of aliphatic hydroxyl groups excluding tert-OH is 1. The van der Waals surface area contributed by atoms with Gasteiger partial charge in [0, 0.05) is 12.1 Å². The van der Waals surface area contributed by atoms with Gasteiger partial charge in [0.2, 0.25) is 0 Å². The summed E-state index contributed by atoms with van der Waals surface area (Å²) in [7, 11) is 0. The van der Waals surface area contributed by atoms with E-state index in [9.17, 15) is 9.50 Å². The molecule has 0 bridgehead atoms. The number of fused-ring (bicyclic) bond motifs is 1. The first kappa shape index (κ1) is 9.16. The molecule has 0 aliphatic carbocycles. The highest BCUT2D eigenvalue weighted by Gasteiger charge is 2.46. The summed E-state index contributed by atoms with van der Waals surface area (Å²) in [5, 5.41) is 9.35. The summed E-state index contributed by atoms with van der Waals surface area (Å²) in [6, 6.07) is 0. The van der Waals surface area contributed by atoms with E-state index in [4.69, 9.17) is 0 Å². The summed E-state index contributed by atoms with van der Waals surface area (Å²) in [5.74, 6) is 0.303. The van der Waals surface area contributed by atoms with Crippen molar-refractivity contribution in [3.05, 3.63) is 12.4 Å². The molecule has 2 atom stereocenters. The average Bonchev–Trinajstić information content (AvgIpc) is 2.61. The second kappa shape index (κ2) is 3.39. The topological polar surface area (TPSA) is 23.5 Å². The molecule has 2 aliphatic heterocycles. The standard InChI is InChI=1S/C10H16FNO/c11-4-2-9-6-10(8-13)3-1-5-12(10)7-9/h2,4,9,13H,1,3,5-8H2/b4-2+. The molecule has 74 valence electrons. The average molecular weight is 185 g/mol. The van der Waals surface area contributed by atoms with Gasteiger partial charge in [0.25, 0.3) is 0 Å². The Morgan fingerprint density at radius 3 is 3.08 bits per heavy atom. The van der Waals surface area contributed by atoms with E-state index in [0.717, 1.165) is 25.9 Å². The van der Waals surface area contributed by atoms with Crippen LogP contribution in [0.15, 0.2) is 12.4 Å². The molecule has 0 radical (unpaired) electrons. The lowest BCUT2D eigenvalue weighted by Gasteiger charge is -2.29. The first-order chi connectivity index (χ1) is 6.30.